The van der Waals surface area contributed by atoms with Crippen molar-refractivity contribution in [2.45, 2.75) is 32.0 Å². The fourth-order valence-electron chi connectivity index (χ4n) is 1.84. The molecule has 1 aromatic rings. The number of aromatic nitrogens is 2. The maximum absolute atomic E-state index is 6.09. The molecule has 2 heterocycles. The molecule has 0 spiro atoms. The zero-order chi connectivity index (χ0) is 11.4. The summed E-state index contributed by atoms with van der Waals surface area (Å²) in [6.07, 6.45) is 4.70. The molecule has 0 aliphatic carbocycles. The average molecular weight is 225 g/mol. The zero-order valence-corrected chi connectivity index (χ0v) is 9.63. The van der Waals surface area contributed by atoms with Crippen molar-refractivity contribution in [3.8, 4) is 0 Å². The third-order valence-corrected chi connectivity index (χ3v) is 2.80. The minimum Gasteiger partial charge on any atom is -0.376 e. The summed E-state index contributed by atoms with van der Waals surface area (Å²) in [4.78, 5) is 0. The summed E-state index contributed by atoms with van der Waals surface area (Å²) in [5.74, 6) is 0. The lowest BCUT2D eigenvalue weighted by Crippen LogP contribution is -2.44. The van der Waals surface area contributed by atoms with Gasteiger partial charge in [0.05, 0.1) is 32.1 Å². The van der Waals surface area contributed by atoms with Gasteiger partial charge in [0.2, 0.25) is 0 Å². The van der Waals surface area contributed by atoms with E-state index in [1.54, 1.807) is 0 Å². The van der Waals surface area contributed by atoms with Gasteiger partial charge in [-0.05, 0) is 18.9 Å². The highest BCUT2D eigenvalue weighted by Gasteiger charge is 2.22. The Kier molecular flexibility index (Phi) is 3.93. The first kappa shape index (κ1) is 11.6. The van der Waals surface area contributed by atoms with Crippen molar-refractivity contribution in [2.24, 2.45) is 5.73 Å². The van der Waals surface area contributed by atoms with Gasteiger partial charge < -0.3 is 15.2 Å². The Morgan fingerprint density at radius 1 is 1.62 bits per heavy atom. The molecule has 2 N–H and O–H groups in total. The van der Waals surface area contributed by atoms with Gasteiger partial charge in [-0.3, -0.25) is 4.68 Å². The van der Waals surface area contributed by atoms with E-state index in [1.807, 2.05) is 17.1 Å². The van der Waals surface area contributed by atoms with E-state index < -0.39 is 0 Å². The lowest BCUT2D eigenvalue weighted by Gasteiger charge is -2.27. The third kappa shape index (κ3) is 2.81. The van der Waals surface area contributed by atoms with Gasteiger partial charge in [-0.1, -0.05) is 0 Å². The van der Waals surface area contributed by atoms with Gasteiger partial charge in [0.25, 0.3) is 0 Å². The quantitative estimate of drug-likeness (QED) is 0.794. The van der Waals surface area contributed by atoms with Crippen molar-refractivity contribution in [2.75, 3.05) is 19.8 Å². The van der Waals surface area contributed by atoms with Gasteiger partial charge in [0.1, 0.15) is 0 Å². The number of rotatable bonds is 4. The SMILES string of the molecule is CCn1cc(CC(N)C2COCCO2)cn1. The number of nitrogens with zero attached hydrogens (tertiary/aromatic N) is 2. The molecule has 1 saturated heterocycles. The van der Waals surface area contributed by atoms with Crippen LogP contribution in [0.2, 0.25) is 0 Å². The van der Waals surface area contributed by atoms with Crippen molar-refractivity contribution in [1.29, 1.82) is 0 Å². The smallest absolute Gasteiger partial charge is 0.0963 e. The van der Waals surface area contributed by atoms with Gasteiger partial charge in [-0.15, -0.1) is 0 Å². The average Bonchev–Trinajstić information content (AvgIpc) is 2.78. The van der Waals surface area contributed by atoms with E-state index >= 15 is 0 Å². The van der Waals surface area contributed by atoms with Gasteiger partial charge >= 0.3 is 0 Å². The van der Waals surface area contributed by atoms with Crippen LogP contribution in [0.25, 0.3) is 0 Å². The van der Waals surface area contributed by atoms with E-state index in [4.69, 9.17) is 15.2 Å². The minimum atomic E-state index is -0.0187. The van der Waals surface area contributed by atoms with Crippen LogP contribution < -0.4 is 5.73 Å². The summed E-state index contributed by atoms with van der Waals surface area (Å²) in [6, 6.07) is -0.0187. The summed E-state index contributed by atoms with van der Waals surface area (Å²) in [5, 5.41) is 4.22. The summed E-state index contributed by atoms with van der Waals surface area (Å²) < 4.78 is 12.8. The van der Waals surface area contributed by atoms with Crippen LogP contribution in [-0.4, -0.2) is 41.7 Å². The molecule has 0 bridgehead atoms. The fraction of sp³-hybridized carbons (Fsp3) is 0.727. The molecular formula is C11H19N3O2. The van der Waals surface area contributed by atoms with E-state index in [9.17, 15) is 0 Å². The molecule has 90 valence electrons. The number of hydrogen-bond acceptors (Lipinski definition) is 4. The largest absolute Gasteiger partial charge is 0.376 e. The Bertz CT molecular complexity index is 321. The predicted octanol–water partition coefficient (Wildman–Crippen LogP) is 0.188. The molecule has 1 fully saturated rings. The Balaban J connectivity index is 1.87. The maximum atomic E-state index is 6.09. The Hall–Kier alpha value is -0.910. The summed E-state index contributed by atoms with van der Waals surface area (Å²) >= 11 is 0. The topological polar surface area (TPSA) is 62.3 Å². The lowest BCUT2D eigenvalue weighted by atomic mass is 10.0. The molecule has 2 atom stereocenters. The minimum absolute atomic E-state index is 0.0127. The predicted molar refractivity (Wildman–Crippen MR) is 60.1 cm³/mol. The number of hydrogen-bond donors (Lipinski definition) is 1. The summed E-state index contributed by atoms with van der Waals surface area (Å²) in [5.41, 5.74) is 7.25. The van der Waals surface area contributed by atoms with Gasteiger partial charge in [-0.2, -0.15) is 5.10 Å². The molecule has 5 heteroatoms. The second-order valence-electron chi connectivity index (χ2n) is 4.06. The van der Waals surface area contributed by atoms with Gasteiger partial charge in [0.15, 0.2) is 0 Å². The van der Waals surface area contributed by atoms with E-state index in [1.165, 1.54) is 0 Å². The van der Waals surface area contributed by atoms with Crippen LogP contribution in [0.15, 0.2) is 12.4 Å². The molecule has 0 amide bonds. The van der Waals surface area contributed by atoms with Gasteiger partial charge in [-0.25, -0.2) is 0 Å². The number of nitrogens with two attached hydrogens (primary N) is 1. The third-order valence-electron chi connectivity index (χ3n) is 2.80. The second-order valence-corrected chi connectivity index (χ2v) is 4.06. The Morgan fingerprint density at radius 3 is 3.12 bits per heavy atom. The molecule has 0 radical (unpaired) electrons. The molecule has 1 aliphatic heterocycles. The Morgan fingerprint density at radius 2 is 2.50 bits per heavy atom. The van der Waals surface area contributed by atoms with Crippen molar-refractivity contribution in [3.63, 3.8) is 0 Å². The highest BCUT2D eigenvalue weighted by molar-refractivity contribution is 5.06. The first-order chi connectivity index (χ1) is 7.79. The van der Waals surface area contributed by atoms with Crippen molar-refractivity contribution < 1.29 is 9.47 Å². The van der Waals surface area contributed by atoms with Crippen LogP contribution in [0.4, 0.5) is 0 Å². The summed E-state index contributed by atoms with van der Waals surface area (Å²) in [7, 11) is 0. The van der Waals surface area contributed by atoms with E-state index in [0.717, 1.165) is 18.5 Å². The fourth-order valence-corrected chi connectivity index (χ4v) is 1.84. The molecule has 16 heavy (non-hydrogen) atoms. The van der Waals surface area contributed by atoms with Gasteiger partial charge in [0, 0.05) is 18.8 Å². The highest BCUT2D eigenvalue weighted by atomic mass is 16.6. The van der Waals surface area contributed by atoms with Crippen LogP contribution in [0.3, 0.4) is 0 Å². The van der Waals surface area contributed by atoms with Crippen LogP contribution in [0.1, 0.15) is 12.5 Å². The van der Waals surface area contributed by atoms with Crippen molar-refractivity contribution in [1.82, 2.24) is 9.78 Å². The molecule has 0 aromatic carbocycles. The molecule has 1 aliphatic rings. The highest BCUT2D eigenvalue weighted by Crippen LogP contribution is 2.09. The molecule has 5 nitrogen and oxygen atoms in total. The van der Waals surface area contributed by atoms with Crippen LogP contribution in [-0.2, 0) is 22.4 Å². The van der Waals surface area contributed by atoms with Crippen LogP contribution in [0, 0.1) is 0 Å². The van der Waals surface area contributed by atoms with Crippen molar-refractivity contribution in [3.05, 3.63) is 18.0 Å². The van der Waals surface area contributed by atoms with Crippen LogP contribution in [0.5, 0.6) is 0 Å². The maximum Gasteiger partial charge on any atom is 0.0963 e. The normalized spacial score (nSPS) is 23.2. The molecule has 2 unspecified atom stereocenters. The first-order valence-electron chi connectivity index (χ1n) is 5.76. The van der Waals surface area contributed by atoms with Crippen molar-refractivity contribution >= 4 is 0 Å². The second kappa shape index (κ2) is 5.43. The standard InChI is InChI=1S/C11H19N3O2/c1-2-14-7-9(6-13-14)5-10(12)11-8-15-3-4-16-11/h6-7,10-11H,2-5,8,12H2,1H3. The number of aryl methyl sites for hydroxylation is 1. The molecular weight excluding hydrogens is 206 g/mol. The zero-order valence-electron chi connectivity index (χ0n) is 9.63. The van der Waals surface area contributed by atoms with E-state index in [-0.39, 0.29) is 12.1 Å². The first-order valence-corrected chi connectivity index (χ1v) is 5.76. The molecule has 2 rings (SSSR count). The molecule has 0 saturated carbocycles. The lowest BCUT2D eigenvalue weighted by molar-refractivity contribution is -0.0967. The van der Waals surface area contributed by atoms with Crippen LogP contribution >= 0.6 is 0 Å². The Labute approximate surface area is 95.5 Å². The summed E-state index contributed by atoms with van der Waals surface area (Å²) in [6.45, 7) is 4.87. The van der Waals surface area contributed by atoms with E-state index in [2.05, 4.69) is 12.0 Å². The molecule has 1 aromatic heterocycles. The van der Waals surface area contributed by atoms with E-state index in [0.29, 0.717) is 19.8 Å². The monoisotopic (exact) mass is 225 g/mol. The number of ether oxygens (including phenoxy) is 2.